The molecule has 12 heteroatoms. The molecule has 0 spiro atoms. The molecule has 2 rings (SSSR count). The SMILES string of the molecule is C.C.COC(=O)CCC(OC)(OC)c1ccc(F)c(Br)c1.COC(CCC(N)=O)(OC)c1ccc(F)c(Br)c1. The molecule has 2 aromatic rings. The van der Waals surface area contributed by atoms with Crippen LogP contribution in [-0.2, 0) is 44.8 Å². The molecule has 1 amide bonds. The van der Waals surface area contributed by atoms with E-state index in [1.165, 1.54) is 47.7 Å². The third-order valence-corrected chi connectivity index (χ3v) is 6.84. The van der Waals surface area contributed by atoms with Crippen LogP contribution in [0.25, 0.3) is 0 Å². The van der Waals surface area contributed by atoms with E-state index >= 15 is 0 Å². The van der Waals surface area contributed by atoms with Crippen molar-refractivity contribution in [3.05, 3.63) is 68.1 Å². The predicted octanol–water partition coefficient (Wildman–Crippen LogP) is 6.56. The Labute approximate surface area is 246 Å². The second kappa shape index (κ2) is 18.4. The maximum atomic E-state index is 13.3. The van der Waals surface area contributed by atoms with Gasteiger partial charge in [0.05, 0.1) is 22.5 Å². The average Bonchev–Trinajstić information content (AvgIpc) is 2.89. The predicted molar refractivity (Wildman–Crippen MR) is 153 cm³/mol. The lowest BCUT2D eigenvalue weighted by Gasteiger charge is -2.31. The maximum Gasteiger partial charge on any atom is 0.305 e. The van der Waals surface area contributed by atoms with Gasteiger partial charge in [-0.3, -0.25) is 9.59 Å². The van der Waals surface area contributed by atoms with Crippen LogP contribution in [0, 0.1) is 11.6 Å². The summed E-state index contributed by atoms with van der Waals surface area (Å²) >= 11 is 6.21. The van der Waals surface area contributed by atoms with E-state index in [1.807, 2.05) is 0 Å². The second-order valence-electron chi connectivity index (χ2n) is 7.62. The Hall–Kier alpha value is -1.96. The summed E-state index contributed by atoms with van der Waals surface area (Å²) in [5.41, 5.74) is 6.35. The molecular weight excluding hydrogens is 648 g/mol. The molecule has 0 radical (unpaired) electrons. The van der Waals surface area contributed by atoms with E-state index in [2.05, 4.69) is 36.6 Å². The van der Waals surface area contributed by atoms with Crippen LogP contribution in [0.5, 0.6) is 0 Å². The van der Waals surface area contributed by atoms with Crippen LogP contribution in [0.3, 0.4) is 0 Å². The molecule has 0 saturated carbocycles. The third kappa shape index (κ3) is 10.8. The fourth-order valence-electron chi connectivity index (χ4n) is 3.46. The molecule has 39 heavy (non-hydrogen) atoms. The summed E-state index contributed by atoms with van der Waals surface area (Å²) in [5, 5.41) is 0. The van der Waals surface area contributed by atoms with E-state index in [9.17, 15) is 18.4 Å². The van der Waals surface area contributed by atoms with Gasteiger partial charge in [0.2, 0.25) is 5.91 Å². The van der Waals surface area contributed by atoms with Crippen LogP contribution in [0.15, 0.2) is 45.3 Å². The molecule has 0 aliphatic heterocycles. The van der Waals surface area contributed by atoms with Crippen molar-refractivity contribution in [1.82, 2.24) is 0 Å². The number of rotatable bonds is 12. The van der Waals surface area contributed by atoms with Gasteiger partial charge in [-0.05, 0) is 56.1 Å². The number of carbonyl (C=O) groups is 2. The van der Waals surface area contributed by atoms with Gasteiger partial charge in [0, 0.05) is 58.8 Å². The molecule has 0 atom stereocenters. The fourth-order valence-corrected chi connectivity index (χ4v) is 4.22. The van der Waals surface area contributed by atoms with Gasteiger partial charge >= 0.3 is 5.97 Å². The highest BCUT2D eigenvalue weighted by atomic mass is 79.9. The van der Waals surface area contributed by atoms with Gasteiger partial charge in [0.1, 0.15) is 11.6 Å². The first-order valence-electron chi connectivity index (χ1n) is 10.9. The summed E-state index contributed by atoms with van der Waals surface area (Å²) in [4.78, 5) is 22.1. The number of benzene rings is 2. The first-order valence-corrected chi connectivity index (χ1v) is 12.5. The third-order valence-electron chi connectivity index (χ3n) is 5.62. The Bertz CT molecular complexity index is 1050. The van der Waals surface area contributed by atoms with Crippen LogP contribution >= 0.6 is 31.9 Å². The summed E-state index contributed by atoms with van der Waals surface area (Å²) in [6.07, 6.45) is 0.766. The topological polar surface area (TPSA) is 106 Å². The van der Waals surface area contributed by atoms with Gasteiger partial charge in [-0.25, -0.2) is 8.78 Å². The molecular formula is C27H39Br2F2NO7. The van der Waals surface area contributed by atoms with Crippen molar-refractivity contribution in [2.24, 2.45) is 5.73 Å². The van der Waals surface area contributed by atoms with Gasteiger partial charge in [-0.1, -0.05) is 27.0 Å². The number of halogens is 4. The van der Waals surface area contributed by atoms with Crippen molar-refractivity contribution in [2.75, 3.05) is 35.5 Å². The summed E-state index contributed by atoms with van der Waals surface area (Å²) in [5.74, 6) is -3.78. The van der Waals surface area contributed by atoms with Crippen molar-refractivity contribution >= 4 is 43.7 Å². The fraction of sp³-hybridized carbons (Fsp3) is 0.481. The van der Waals surface area contributed by atoms with Crippen LogP contribution in [-0.4, -0.2) is 47.4 Å². The monoisotopic (exact) mass is 685 g/mol. The molecule has 0 aliphatic carbocycles. The van der Waals surface area contributed by atoms with Crippen LogP contribution in [0.1, 0.15) is 51.7 Å². The van der Waals surface area contributed by atoms with E-state index in [0.717, 1.165) is 0 Å². The highest BCUT2D eigenvalue weighted by Crippen LogP contribution is 2.34. The van der Waals surface area contributed by atoms with Crippen molar-refractivity contribution < 1.29 is 42.1 Å². The van der Waals surface area contributed by atoms with Crippen molar-refractivity contribution in [2.45, 2.75) is 52.1 Å². The Kier molecular flexibility index (Phi) is 18.5. The van der Waals surface area contributed by atoms with E-state index < -0.39 is 17.5 Å². The quantitative estimate of drug-likeness (QED) is 0.199. The number of hydrogen-bond donors (Lipinski definition) is 1. The zero-order chi connectivity index (χ0) is 28.2. The molecule has 8 nitrogen and oxygen atoms in total. The molecule has 2 N–H and O–H groups in total. The second-order valence-corrected chi connectivity index (χ2v) is 9.33. The van der Waals surface area contributed by atoms with Crippen molar-refractivity contribution in [3.8, 4) is 0 Å². The lowest BCUT2D eigenvalue weighted by molar-refractivity contribution is -0.222. The minimum absolute atomic E-state index is 0. The van der Waals surface area contributed by atoms with Crippen LogP contribution < -0.4 is 5.73 Å². The number of methoxy groups -OCH3 is 5. The summed E-state index contributed by atoms with van der Waals surface area (Å²) in [6, 6.07) is 8.85. The van der Waals surface area contributed by atoms with E-state index in [4.69, 9.17) is 24.7 Å². The van der Waals surface area contributed by atoms with Gasteiger partial charge in [-0.2, -0.15) is 0 Å². The smallest absolute Gasteiger partial charge is 0.305 e. The number of amides is 1. The van der Waals surface area contributed by atoms with E-state index in [-0.39, 0.29) is 58.1 Å². The molecule has 0 saturated heterocycles. The Morgan fingerprint density at radius 1 is 0.744 bits per heavy atom. The Balaban J connectivity index is 0. The minimum atomic E-state index is -1.11. The van der Waals surface area contributed by atoms with E-state index in [1.54, 1.807) is 24.3 Å². The van der Waals surface area contributed by atoms with Crippen LogP contribution in [0.4, 0.5) is 8.78 Å². The lowest BCUT2D eigenvalue weighted by atomic mass is 10.00. The van der Waals surface area contributed by atoms with Gasteiger partial charge in [0.25, 0.3) is 0 Å². The first kappa shape index (κ1) is 39.2. The molecule has 0 unspecified atom stereocenters. The Morgan fingerprint density at radius 3 is 1.38 bits per heavy atom. The molecule has 0 heterocycles. The van der Waals surface area contributed by atoms with Crippen LogP contribution in [0.2, 0.25) is 0 Å². The standard InChI is InChI=1S/C13H16BrFO4.C12H15BrFNO3.2CH4/c1-17-12(16)6-7-13(18-2,19-3)9-4-5-11(15)10(14)8-9;1-17-12(18-2,6-5-11(15)16)8-3-4-10(14)9(13)7-8;;/h4-5,8H,6-7H2,1-3H3;3-4,7H,5-6H2,1-2H3,(H2,15,16);2*1H4. The lowest BCUT2D eigenvalue weighted by Crippen LogP contribution is -2.32. The average molecular weight is 687 g/mol. The normalized spacial score (nSPS) is 10.9. The molecule has 222 valence electrons. The largest absolute Gasteiger partial charge is 0.469 e. The van der Waals surface area contributed by atoms with Crippen molar-refractivity contribution in [1.29, 1.82) is 0 Å². The summed E-state index contributed by atoms with van der Waals surface area (Å²) < 4.78 is 53.1. The minimum Gasteiger partial charge on any atom is -0.469 e. The zero-order valence-electron chi connectivity index (χ0n) is 21.2. The molecule has 2 aromatic carbocycles. The number of primary amides is 1. The molecule has 0 aliphatic rings. The number of carbonyl (C=O) groups excluding carboxylic acids is 2. The maximum absolute atomic E-state index is 13.3. The van der Waals surface area contributed by atoms with E-state index in [0.29, 0.717) is 20.1 Å². The number of hydrogen-bond acceptors (Lipinski definition) is 7. The zero-order valence-corrected chi connectivity index (χ0v) is 24.4. The van der Waals surface area contributed by atoms with Gasteiger partial charge in [0.15, 0.2) is 11.6 Å². The number of ether oxygens (including phenoxy) is 5. The van der Waals surface area contributed by atoms with Crippen molar-refractivity contribution in [3.63, 3.8) is 0 Å². The highest BCUT2D eigenvalue weighted by Gasteiger charge is 2.34. The molecule has 0 aromatic heterocycles. The molecule has 0 bridgehead atoms. The Morgan fingerprint density at radius 2 is 1.10 bits per heavy atom. The molecule has 0 fully saturated rings. The number of nitrogens with two attached hydrogens (primary N) is 1. The van der Waals surface area contributed by atoms with Gasteiger partial charge in [-0.15, -0.1) is 0 Å². The van der Waals surface area contributed by atoms with Gasteiger partial charge < -0.3 is 29.4 Å². The summed E-state index contributed by atoms with van der Waals surface area (Å²) in [6.45, 7) is 0. The first-order chi connectivity index (χ1) is 17.4. The highest BCUT2D eigenvalue weighted by molar-refractivity contribution is 9.10. The number of esters is 1. The summed E-state index contributed by atoms with van der Waals surface area (Å²) in [7, 11) is 7.18.